The number of rotatable bonds is 4. The molecule has 2 rings (SSSR count). The second-order valence-corrected chi connectivity index (χ2v) is 5.27. The third-order valence-corrected chi connectivity index (χ3v) is 3.36. The quantitative estimate of drug-likeness (QED) is 0.771. The molecule has 5 heteroatoms. The second kappa shape index (κ2) is 5.01. The van der Waals surface area contributed by atoms with Gasteiger partial charge in [-0.2, -0.15) is 0 Å². The Balaban J connectivity index is 2.06. The highest BCUT2D eigenvalue weighted by atomic mass is 16.2. The van der Waals surface area contributed by atoms with E-state index in [4.69, 9.17) is 5.73 Å². The first kappa shape index (κ1) is 13.5. The summed E-state index contributed by atoms with van der Waals surface area (Å²) in [5.41, 5.74) is 6.50. The van der Waals surface area contributed by atoms with Gasteiger partial charge in [-0.3, -0.25) is 9.59 Å². The van der Waals surface area contributed by atoms with Crippen molar-refractivity contribution in [3.63, 3.8) is 0 Å². The summed E-state index contributed by atoms with van der Waals surface area (Å²) in [4.78, 5) is 23.1. The normalized spacial score (nSPS) is 17.4. The number of nitrogens with two attached hydrogens (primary N) is 1. The predicted octanol–water partition coefficient (Wildman–Crippen LogP) is 1.71. The molecule has 0 heterocycles. The molecule has 102 valence electrons. The molecule has 1 aliphatic carbocycles. The topological polar surface area (TPSA) is 84.2 Å². The molecule has 4 N–H and O–H groups in total. The minimum atomic E-state index is -0.829. The van der Waals surface area contributed by atoms with Crippen LogP contribution in [0.25, 0.3) is 0 Å². The fraction of sp³-hybridized carbons (Fsp3) is 0.429. The first-order valence-corrected chi connectivity index (χ1v) is 6.37. The average molecular weight is 261 g/mol. The van der Waals surface area contributed by atoms with Crippen LogP contribution in [-0.2, 0) is 9.59 Å². The molecular weight excluding hydrogens is 242 g/mol. The smallest absolute Gasteiger partial charge is 0.244 e. The Labute approximate surface area is 112 Å². The zero-order valence-electron chi connectivity index (χ0n) is 11.2. The molecule has 0 bridgehead atoms. The van der Waals surface area contributed by atoms with Crippen LogP contribution >= 0.6 is 0 Å². The van der Waals surface area contributed by atoms with E-state index in [9.17, 15) is 9.59 Å². The number of benzene rings is 1. The van der Waals surface area contributed by atoms with Crippen molar-refractivity contribution in [1.82, 2.24) is 0 Å². The maximum Gasteiger partial charge on any atom is 0.244 e. The van der Waals surface area contributed by atoms with Crippen LogP contribution in [-0.4, -0.2) is 17.4 Å². The molecule has 0 aliphatic heterocycles. The van der Waals surface area contributed by atoms with Crippen LogP contribution in [0.3, 0.4) is 0 Å². The molecule has 1 aromatic rings. The van der Waals surface area contributed by atoms with Gasteiger partial charge in [0.25, 0.3) is 0 Å². The zero-order chi connectivity index (χ0) is 14.0. The molecule has 1 saturated carbocycles. The van der Waals surface area contributed by atoms with Crippen LogP contribution in [0.1, 0.15) is 26.7 Å². The Bertz CT molecular complexity index is 507. The van der Waals surface area contributed by atoms with Crippen LogP contribution in [0, 0.1) is 5.92 Å². The van der Waals surface area contributed by atoms with Crippen LogP contribution in [0.4, 0.5) is 11.4 Å². The number of hydrogen-bond acceptors (Lipinski definition) is 3. The second-order valence-electron chi connectivity index (χ2n) is 5.27. The van der Waals surface area contributed by atoms with Crippen molar-refractivity contribution in [2.45, 2.75) is 32.2 Å². The Kier molecular flexibility index (Phi) is 3.57. The molecule has 0 saturated heterocycles. The lowest BCUT2D eigenvalue weighted by molar-refractivity contribution is -0.121. The van der Waals surface area contributed by atoms with Crippen LogP contribution in [0.15, 0.2) is 24.3 Å². The minimum absolute atomic E-state index is 0.148. The van der Waals surface area contributed by atoms with Gasteiger partial charge in [-0.1, -0.05) is 6.07 Å². The molecule has 0 spiro atoms. The van der Waals surface area contributed by atoms with Gasteiger partial charge in [0.1, 0.15) is 0 Å². The number of amides is 2. The van der Waals surface area contributed by atoms with Crippen molar-refractivity contribution in [1.29, 1.82) is 0 Å². The lowest BCUT2D eigenvalue weighted by atomic mass is 9.96. The van der Waals surface area contributed by atoms with Gasteiger partial charge in [0.2, 0.25) is 11.8 Å². The lowest BCUT2D eigenvalue weighted by Gasteiger charge is -2.23. The summed E-state index contributed by atoms with van der Waals surface area (Å²) in [6.07, 6.45) is 2.01. The Morgan fingerprint density at radius 1 is 1.26 bits per heavy atom. The highest BCUT2D eigenvalue weighted by Crippen LogP contribution is 2.38. The van der Waals surface area contributed by atoms with Crippen LogP contribution in [0.5, 0.6) is 0 Å². The van der Waals surface area contributed by atoms with Gasteiger partial charge in [0.15, 0.2) is 0 Å². The highest BCUT2D eigenvalue weighted by molar-refractivity contribution is 5.99. The molecule has 1 fully saturated rings. The van der Waals surface area contributed by atoms with Gasteiger partial charge >= 0.3 is 0 Å². The molecule has 5 nitrogen and oxygen atoms in total. The molecule has 19 heavy (non-hydrogen) atoms. The average Bonchev–Trinajstić information content (AvgIpc) is 3.12. The zero-order valence-corrected chi connectivity index (χ0v) is 11.2. The summed E-state index contributed by atoms with van der Waals surface area (Å²) in [7, 11) is 0. The monoisotopic (exact) mass is 261 g/mol. The van der Waals surface area contributed by atoms with E-state index in [1.165, 1.54) is 6.92 Å². The first-order chi connectivity index (χ1) is 8.89. The maximum absolute atomic E-state index is 12.1. The third-order valence-electron chi connectivity index (χ3n) is 3.36. The molecular formula is C14H19N3O2. The van der Waals surface area contributed by atoms with Crippen LogP contribution < -0.4 is 16.4 Å². The van der Waals surface area contributed by atoms with Crippen molar-refractivity contribution in [3.8, 4) is 0 Å². The first-order valence-electron chi connectivity index (χ1n) is 6.37. The fourth-order valence-electron chi connectivity index (χ4n) is 2.01. The molecule has 2 amide bonds. The predicted molar refractivity (Wildman–Crippen MR) is 74.7 cm³/mol. The van der Waals surface area contributed by atoms with Gasteiger partial charge in [0, 0.05) is 18.3 Å². The summed E-state index contributed by atoms with van der Waals surface area (Å²) >= 11 is 0. The van der Waals surface area contributed by atoms with Gasteiger partial charge in [-0.25, -0.2) is 0 Å². The van der Waals surface area contributed by atoms with E-state index in [1.807, 2.05) is 0 Å². The molecule has 1 aromatic carbocycles. The Morgan fingerprint density at radius 3 is 2.37 bits per heavy atom. The van der Waals surface area contributed by atoms with Crippen LogP contribution in [0.2, 0.25) is 0 Å². The van der Waals surface area contributed by atoms with E-state index in [-0.39, 0.29) is 17.7 Å². The summed E-state index contributed by atoms with van der Waals surface area (Å²) in [6.45, 7) is 3.20. The van der Waals surface area contributed by atoms with E-state index in [2.05, 4.69) is 10.6 Å². The van der Waals surface area contributed by atoms with E-state index in [0.29, 0.717) is 11.4 Å². The van der Waals surface area contributed by atoms with Gasteiger partial charge < -0.3 is 16.4 Å². The van der Waals surface area contributed by atoms with Gasteiger partial charge in [-0.15, -0.1) is 0 Å². The van der Waals surface area contributed by atoms with Crippen molar-refractivity contribution in [3.05, 3.63) is 24.3 Å². The van der Waals surface area contributed by atoms with E-state index >= 15 is 0 Å². The van der Waals surface area contributed by atoms with Crippen molar-refractivity contribution >= 4 is 23.2 Å². The minimum Gasteiger partial charge on any atom is -0.326 e. The van der Waals surface area contributed by atoms with Gasteiger partial charge in [-0.05, 0) is 43.9 Å². The summed E-state index contributed by atoms with van der Waals surface area (Å²) < 4.78 is 0. The standard InChI is InChI=1S/C14H19N3O2/c1-9(18)16-11-4-3-5-12(8-11)17-13(19)14(2,15)10-6-7-10/h3-5,8,10H,6-7,15H2,1-2H3,(H,16,18)(H,17,19). The highest BCUT2D eigenvalue weighted by Gasteiger charge is 2.44. The van der Waals surface area contributed by atoms with Crippen molar-refractivity contribution < 1.29 is 9.59 Å². The fourth-order valence-corrected chi connectivity index (χ4v) is 2.01. The molecule has 1 aliphatic rings. The largest absolute Gasteiger partial charge is 0.326 e. The summed E-state index contributed by atoms with van der Waals surface area (Å²) in [5.74, 6) is -0.0638. The van der Waals surface area contributed by atoms with Gasteiger partial charge in [0.05, 0.1) is 5.54 Å². The van der Waals surface area contributed by atoms with Crippen molar-refractivity contribution in [2.75, 3.05) is 10.6 Å². The summed E-state index contributed by atoms with van der Waals surface area (Å²) in [6, 6.07) is 7.01. The van der Waals surface area contributed by atoms with Crippen molar-refractivity contribution in [2.24, 2.45) is 11.7 Å². The lowest BCUT2D eigenvalue weighted by Crippen LogP contribution is -2.50. The number of carbonyl (C=O) groups is 2. The third kappa shape index (κ3) is 3.32. The Hall–Kier alpha value is -1.88. The Morgan fingerprint density at radius 2 is 1.84 bits per heavy atom. The molecule has 0 aromatic heterocycles. The van der Waals surface area contributed by atoms with E-state index in [0.717, 1.165) is 12.8 Å². The summed E-state index contributed by atoms with van der Waals surface area (Å²) in [5, 5.41) is 5.47. The SMILES string of the molecule is CC(=O)Nc1cccc(NC(=O)C(C)(N)C2CC2)c1. The molecule has 1 atom stereocenters. The maximum atomic E-state index is 12.1. The number of anilines is 2. The van der Waals surface area contributed by atoms with E-state index in [1.54, 1.807) is 31.2 Å². The number of hydrogen-bond donors (Lipinski definition) is 3. The number of nitrogens with one attached hydrogen (secondary N) is 2. The molecule has 0 radical (unpaired) electrons. The molecule has 1 unspecified atom stereocenters. The van der Waals surface area contributed by atoms with E-state index < -0.39 is 5.54 Å². The number of carbonyl (C=O) groups excluding carboxylic acids is 2.